The smallest absolute Gasteiger partial charge is 0.319 e. The van der Waals surface area contributed by atoms with Gasteiger partial charge in [-0.3, -0.25) is 4.79 Å². The van der Waals surface area contributed by atoms with Gasteiger partial charge in [-0.1, -0.05) is 0 Å². The van der Waals surface area contributed by atoms with Crippen LogP contribution >= 0.6 is 0 Å². The lowest BCUT2D eigenvalue weighted by atomic mass is 10.1. The van der Waals surface area contributed by atoms with Crippen molar-refractivity contribution in [1.29, 1.82) is 0 Å². The van der Waals surface area contributed by atoms with Crippen molar-refractivity contribution in [1.82, 2.24) is 10.6 Å². The molecule has 6 heteroatoms. The molecule has 6 nitrogen and oxygen atoms in total. The van der Waals surface area contributed by atoms with E-state index >= 15 is 0 Å². The van der Waals surface area contributed by atoms with E-state index in [-0.39, 0.29) is 23.9 Å². The summed E-state index contributed by atoms with van der Waals surface area (Å²) in [4.78, 5) is 23.5. The van der Waals surface area contributed by atoms with Crippen molar-refractivity contribution in [2.45, 2.75) is 26.3 Å². The van der Waals surface area contributed by atoms with E-state index in [0.717, 1.165) is 25.2 Å². The normalized spacial score (nSPS) is 17.6. The van der Waals surface area contributed by atoms with Crippen LogP contribution in [0, 0.1) is 5.92 Å². The molecule has 3 amide bonds. The molecule has 1 unspecified atom stereocenters. The van der Waals surface area contributed by atoms with Crippen LogP contribution in [-0.2, 0) is 4.79 Å². The van der Waals surface area contributed by atoms with Crippen LogP contribution in [0.15, 0.2) is 24.3 Å². The van der Waals surface area contributed by atoms with Crippen molar-refractivity contribution in [2.75, 3.05) is 23.7 Å². The van der Waals surface area contributed by atoms with Crippen LogP contribution in [0.25, 0.3) is 0 Å². The maximum absolute atomic E-state index is 12.0. The highest BCUT2D eigenvalue weighted by Crippen LogP contribution is 2.16. The van der Waals surface area contributed by atoms with Gasteiger partial charge in [0.25, 0.3) is 0 Å². The minimum absolute atomic E-state index is 0.0401. The predicted octanol–water partition coefficient (Wildman–Crippen LogP) is 1.76. The van der Waals surface area contributed by atoms with Crippen LogP contribution in [0.3, 0.4) is 0 Å². The van der Waals surface area contributed by atoms with Gasteiger partial charge < -0.3 is 21.3 Å². The molecule has 1 aliphatic heterocycles. The number of benzene rings is 1. The highest BCUT2D eigenvalue weighted by atomic mass is 16.2. The van der Waals surface area contributed by atoms with E-state index in [1.54, 1.807) is 24.3 Å². The average Bonchev–Trinajstić information content (AvgIpc) is 2.94. The molecule has 1 heterocycles. The maximum Gasteiger partial charge on any atom is 0.319 e. The lowest BCUT2D eigenvalue weighted by molar-refractivity contribution is -0.119. The summed E-state index contributed by atoms with van der Waals surface area (Å²) in [7, 11) is 0. The van der Waals surface area contributed by atoms with Crippen molar-refractivity contribution in [3.05, 3.63) is 24.3 Å². The van der Waals surface area contributed by atoms with Crippen LogP contribution in [0.2, 0.25) is 0 Å². The van der Waals surface area contributed by atoms with Gasteiger partial charge >= 0.3 is 6.03 Å². The summed E-state index contributed by atoms with van der Waals surface area (Å²) in [5, 5.41) is 11.5. The number of anilines is 2. The number of nitrogens with one attached hydrogen (secondary N) is 4. The fourth-order valence-electron chi connectivity index (χ4n) is 2.19. The second-order valence-corrected chi connectivity index (χ2v) is 5.51. The number of carbonyl (C=O) groups excluding carboxylic acids is 2. The molecule has 4 N–H and O–H groups in total. The number of hydrogen-bond donors (Lipinski definition) is 4. The molecular weight excluding hydrogens is 268 g/mol. The summed E-state index contributed by atoms with van der Waals surface area (Å²) in [6.07, 6.45) is 0.876. The topological polar surface area (TPSA) is 82.3 Å². The third kappa shape index (κ3) is 4.75. The maximum atomic E-state index is 12.0. The van der Waals surface area contributed by atoms with E-state index in [9.17, 15) is 9.59 Å². The molecule has 2 rings (SSSR count). The molecule has 0 aliphatic carbocycles. The fourth-order valence-corrected chi connectivity index (χ4v) is 2.19. The van der Waals surface area contributed by atoms with E-state index in [1.807, 2.05) is 13.8 Å². The Morgan fingerprint density at radius 3 is 2.29 bits per heavy atom. The largest absolute Gasteiger partial charge is 0.336 e. The van der Waals surface area contributed by atoms with Gasteiger partial charge in [0.15, 0.2) is 0 Å². The van der Waals surface area contributed by atoms with E-state index in [4.69, 9.17) is 0 Å². The Morgan fingerprint density at radius 2 is 1.76 bits per heavy atom. The van der Waals surface area contributed by atoms with Gasteiger partial charge in [0.1, 0.15) is 0 Å². The molecule has 1 atom stereocenters. The number of carbonyl (C=O) groups is 2. The standard InChI is InChI=1S/C15H22N4O2/c1-10(2)17-15(21)19-13-5-3-12(4-6-13)18-14(20)11-7-8-16-9-11/h3-6,10-11,16H,7-9H2,1-2H3,(H,18,20)(H2,17,19,21). The third-order valence-corrected chi connectivity index (χ3v) is 3.26. The van der Waals surface area contributed by atoms with Gasteiger partial charge in [-0.15, -0.1) is 0 Å². The molecule has 1 aliphatic rings. The Kier molecular flexibility index (Phi) is 5.16. The van der Waals surface area contributed by atoms with Gasteiger partial charge in [-0.2, -0.15) is 0 Å². The monoisotopic (exact) mass is 290 g/mol. The summed E-state index contributed by atoms with van der Waals surface area (Å²) < 4.78 is 0. The highest BCUT2D eigenvalue weighted by Gasteiger charge is 2.22. The molecule has 0 spiro atoms. The van der Waals surface area contributed by atoms with Gasteiger partial charge in [0, 0.05) is 24.0 Å². The quantitative estimate of drug-likeness (QED) is 0.682. The molecule has 1 fully saturated rings. The summed E-state index contributed by atoms with van der Waals surface area (Å²) in [6.45, 7) is 5.43. The molecule has 114 valence electrons. The highest BCUT2D eigenvalue weighted by molar-refractivity contribution is 5.94. The van der Waals surface area contributed by atoms with E-state index in [0.29, 0.717) is 5.69 Å². The number of hydrogen-bond acceptors (Lipinski definition) is 3. The van der Waals surface area contributed by atoms with Gasteiger partial charge in [0.05, 0.1) is 5.92 Å². The first-order valence-corrected chi connectivity index (χ1v) is 7.24. The zero-order chi connectivity index (χ0) is 15.2. The number of urea groups is 1. The van der Waals surface area contributed by atoms with Crippen molar-refractivity contribution < 1.29 is 9.59 Å². The first kappa shape index (κ1) is 15.3. The minimum Gasteiger partial charge on any atom is -0.336 e. The van der Waals surface area contributed by atoms with Gasteiger partial charge in [0.2, 0.25) is 5.91 Å². The predicted molar refractivity (Wildman–Crippen MR) is 83.3 cm³/mol. The van der Waals surface area contributed by atoms with E-state index in [1.165, 1.54) is 0 Å². The first-order valence-electron chi connectivity index (χ1n) is 7.24. The van der Waals surface area contributed by atoms with Crippen LogP contribution < -0.4 is 21.3 Å². The molecule has 21 heavy (non-hydrogen) atoms. The Morgan fingerprint density at radius 1 is 1.14 bits per heavy atom. The molecule has 0 aromatic heterocycles. The van der Waals surface area contributed by atoms with Crippen molar-refractivity contribution in [3.8, 4) is 0 Å². The van der Waals surface area contributed by atoms with Gasteiger partial charge in [-0.05, 0) is 51.1 Å². The van der Waals surface area contributed by atoms with Gasteiger partial charge in [-0.25, -0.2) is 4.79 Å². The summed E-state index contributed by atoms with van der Waals surface area (Å²) in [5.41, 5.74) is 1.43. The average molecular weight is 290 g/mol. The van der Waals surface area contributed by atoms with Crippen LogP contribution in [-0.4, -0.2) is 31.1 Å². The van der Waals surface area contributed by atoms with Crippen LogP contribution in [0.1, 0.15) is 20.3 Å². The molecule has 1 aromatic rings. The van der Waals surface area contributed by atoms with E-state index < -0.39 is 0 Å². The Bertz CT molecular complexity index is 493. The van der Waals surface area contributed by atoms with E-state index in [2.05, 4.69) is 21.3 Å². The second kappa shape index (κ2) is 7.08. The van der Waals surface area contributed by atoms with Crippen LogP contribution in [0.5, 0.6) is 0 Å². The SMILES string of the molecule is CC(C)NC(=O)Nc1ccc(NC(=O)C2CCNC2)cc1. The summed E-state index contributed by atoms with van der Waals surface area (Å²) in [5.74, 6) is 0.0814. The molecule has 1 saturated heterocycles. The molecule has 0 radical (unpaired) electrons. The molecule has 0 saturated carbocycles. The summed E-state index contributed by atoms with van der Waals surface area (Å²) in [6, 6.07) is 6.95. The van der Waals surface area contributed by atoms with Crippen molar-refractivity contribution in [3.63, 3.8) is 0 Å². The zero-order valence-corrected chi connectivity index (χ0v) is 12.4. The lowest BCUT2D eigenvalue weighted by Gasteiger charge is -2.12. The van der Waals surface area contributed by atoms with Crippen molar-refractivity contribution in [2.24, 2.45) is 5.92 Å². The second-order valence-electron chi connectivity index (χ2n) is 5.51. The fraction of sp³-hybridized carbons (Fsp3) is 0.467. The minimum atomic E-state index is -0.237. The molecular formula is C15H22N4O2. The molecule has 0 bridgehead atoms. The number of rotatable bonds is 4. The third-order valence-electron chi connectivity index (χ3n) is 3.26. The van der Waals surface area contributed by atoms with Crippen LogP contribution in [0.4, 0.5) is 16.2 Å². The van der Waals surface area contributed by atoms with Crippen molar-refractivity contribution >= 4 is 23.3 Å². The Labute approximate surface area is 124 Å². The molecule has 1 aromatic carbocycles. The Balaban J connectivity index is 1.86. The zero-order valence-electron chi connectivity index (χ0n) is 12.4. The lowest BCUT2D eigenvalue weighted by Crippen LogP contribution is -2.34. The first-order chi connectivity index (χ1) is 10.0. The summed E-state index contributed by atoms with van der Waals surface area (Å²) >= 11 is 0. The Hall–Kier alpha value is -2.08. The number of amides is 3.